The van der Waals surface area contributed by atoms with Crippen molar-refractivity contribution in [3.05, 3.63) is 50.7 Å². The van der Waals surface area contributed by atoms with Gasteiger partial charge in [-0.05, 0) is 91.8 Å². The van der Waals surface area contributed by atoms with Gasteiger partial charge in [-0.15, -0.1) is 0 Å². The minimum Gasteiger partial charge on any atom is -0.433 e. The molecule has 0 atom stereocenters. The van der Waals surface area contributed by atoms with E-state index in [1.54, 1.807) is 0 Å². The molecule has 1 N–H and O–H groups in total. The molecule has 2 aliphatic rings. The van der Waals surface area contributed by atoms with E-state index in [1.165, 1.54) is 42.2 Å². The van der Waals surface area contributed by atoms with Crippen molar-refractivity contribution in [3.8, 4) is 0 Å². The number of hydrogen-bond donors (Lipinski definition) is 1. The number of halogens is 1. The van der Waals surface area contributed by atoms with Crippen LogP contribution >= 0.6 is 11.6 Å². The Hall–Kier alpha value is -1.63. The number of fused-ring (bicyclic) bond motifs is 2. The highest BCUT2D eigenvalue weighted by Gasteiger charge is 2.31. The fourth-order valence-corrected chi connectivity index (χ4v) is 6.19. The van der Waals surface area contributed by atoms with E-state index in [1.807, 2.05) is 0 Å². The molecule has 0 unspecified atom stereocenters. The zero-order chi connectivity index (χ0) is 21.0. The molecule has 2 aliphatic carbocycles. The third-order valence-corrected chi connectivity index (χ3v) is 7.75. The van der Waals surface area contributed by atoms with Gasteiger partial charge in [-0.3, -0.25) is 4.79 Å². The summed E-state index contributed by atoms with van der Waals surface area (Å²) in [6, 6.07) is 3.50. The first-order valence-electron chi connectivity index (χ1n) is 9.98. The highest BCUT2D eigenvalue weighted by Crippen LogP contribution is 2.36. The summed E-state index contributed by atoms with van der Waals surface area (Å²) in [4.78, 5) is 12.8. The molecular formula is C22H25ClO5S. The molecule has 0 fully saturated rings. The third-order valence-electron chi connectivity index (χ3n) is 5.95. The normalized spacial score (nSPS) is 16.1. The number of rotatable bonds is 6. The summed E-state index contributed by atoms with van der Waals surface area (Å²) in [6.07, 6.45) is 6.29. The van der Waals surface area contributed by atoms with Crippen molar-refractivity contribution in [1.82, 2.24) is 0 Å². The van der Waals surface area contributed by atoms with E-state index in [4.69, 9.17) is 16.0 Å². The molecule has 0 amide bonds. The fraction of sp³-hybridized carbons (Fsp3) is 0.500. The van der Waals surface area contributed by atoms with E-state index in [0.717, 1.165) is 44.1 Å². The molecule has 7 heteroatoms. The number of carbonyl (C=O) groups excluding carboxylic acids is 1. The number of benzene rings is 1. The Morgan fingerprint density at radius 1 is 1.10 bits per heavy atom. The highest BCUT2D eigenvalue weighted by atomic mass is 35.5. The van der Waals surface area contributed by atoms with E-state index in [9.17, 15) is 18.3 Å². The van der Waals surface area contributed by atoms with Crippen LogP contribution in [0.15, 0.2) is 21.6 Å². The van der Waals surface area contributed by atoms with Gasteiger partial charge in [0.2, 0.25) is 20.1 Å². The Morgan fingerprint density at radius 3 is 2.21 bits per heavy atom. The largest absolute Gasteiger partial charge is 0.433 e. The maximum Gasteiger partial charge on any atom is 0.220 e. The zero-order valence-corrected chi connectivity index (χ0v) is 18.3. The lowest BCUT2D eigenvalue weighted by Gasteiger charge is -2.14. The number of carbonyl (C=O) groups is 1. The Balaban J connectivity index is 1.58. The second kappa shape index (κ2) is 7.25. The lowest BCUT2D eigenvalue weighted by molar-refractivity contribution is -0.116. The Kier molecular flexibility index (Phi) is 5.16. The van der Waals surface area contributed by atoms with Gasteiger partial charge in [-0.1, -0.05) is 6.07 Å². The first-order valence-corrected chi connectivity index (χ1v) is 12.0. The van der Waals surface area contributed by atoms with Crippen LogP contribution in [-0.2, 0) is 52.3 Å². The summed E-state index contributed by atoms with van der Waals surface area (Å²) in [5.74, 6) is -0.989. The van der Waals surface area contributed by atoms with E-state index in [0.29, 0.717) is 0 Å². The smallest absolute Gasteiger partial charge is 0.220 e. The molecular weight excluding hydrogens is 412 g/mol. The average Bonchev–Trinajstić information content (AvgIpc) is 3.31. The van der Waals surface area contributed by atoms with Gasteiger partial charge < -0.3 is 9.52 Å². The van der Waals surface area contributed by atoms with Gasteiger partial charge in [0.1, 0.15) is 5.75 Å². The monoisotopic (exact) mass is 436 g/mol. The second-order valence-electron chi connectivity index (χ2n) is 8.62. The number of hydrogen-bond acceptors (Lipinski definition) is 5. The highest BCUT2D eigenvalue weighted by molar-refractivity contribution is 7.92. The van der Waals surface area contributed by atoms with E-state index < -0.39 is 21.2 Å². The second-order valence-corrected chi connectivity index (χ2v) is 10.9. The molecule has 156 valence electrons. The number of aliphatic hydroxyl groups is 1. The van der Waals surface area contributed by atoms with E-state index in [2.05, 4.69) is 6.07 Å². The van der Waals surface area contributed by atoms with Crippen molar-refractivity contribution in [2.24, 2.45) is 0 Å². The number of aryl methyl sites for hydroxylation is 2. The number of sulfone groups is 1. The fourth-order valence-electron chi connectivity index (χ4n) is 4.60. The van der Waals surface area contributed by atoms with Crippen LogP contribution in [0.25, 0.3) is 0 Å². The molecule has 1 heterocycles. The quantitative estimate of drug-likeness (QED) is 0.745. The predicted octanol–water partition coefficient (Wildman–Crippen LogP) is 3.72. The summed E-state index contributed by atoms with van der Waals surface area (Å²) < 4.78 is 30.6. The molecule has 0 radical (unpaired) electrons. The minimum atomic E-state index is -3.98. The van der Waals surface area contributed by atoms with Gasteiger partial charge in [0, 0.05) is 18.1 Å². The standard InChI is InChI=1S/C22H25ClO5S/c1-22(2,25)19-11-20(28-21(19)23)29(26,27)12-15(24)10-18-16-7-3-5-13(16)9-14-6-4-8-17(14)18/h9,11,25H,3-8,10,12H2,1-2H3. The van der Waals surface area contributed by atoms with Crippen molar-refractivity contribution >= 4 is 27.2 Å². The maximum absolute atomic E-state index is 12.8. The number of Topliss-reactive ketones (excluding diaryl/α,β-unsaturated/α-hetero) is 1. The van der Waals surface area contributed by atoms with E-state index in [-0.39, 0.29) is 28.1 Å². The molecule has 1 aromatic carbocycles. The van der Waals surface area contributed by atoms with Crippen LogP contribution < -0.4 is 0 Å². The summed E-state index contributed by atoms with van der Waals surface area (Å²) >= 11 is 5.95. The Morgan fingerprint density at radius 2 is 1.69 bits per heavy atom. The van der Waals surface area contributed by atoms with Gasteiger partial charge in [-0.2, -0.15) is 0 Å². The first kappa shape index (κ1) is 20.6. The summed E-state index contributed by atoms with van der Waals surface area (Å²) in [6.45, 7) is 2.98. The molecule has 0 bridgehead atoms. The Bertz CT molecular complexity index is 1060. The van der Waals surface area contributed by atoms with Gasteiger partial charge in [0.25, 0.3) is 0 Å². The molecule has 0 aliphatic heterocycles. The van der Waals surface area contributed by atoms with Crippen molar-refractivity contribution in [2.75, 3.05) is 5.75 Å². The van der Waals surface area contributed by atoms with Crippen LogP contribution in [0.3, 0.4) is 0 Å². The molecule has 0 saturated carbocycles. The molecule has 0 saturated heterocycles. The first-order chi connectivity index (χ1) is 13.6. The van der Waals surface area contributed by atoms with Crippen molar-refractivity contribution < 1.29 is 22.7 Å². The lowest BCUT2D eigenvalue weighted by atomic mass is 9.91. The van der Waals surface area contributed by atoms with Gasteiger partial charge in [-0.25, -0.2) is 8.42 Å². The maximum atomic E-state index is 12.8. The molecule has 2 aromatic rings. The van der Waals surface area contributed by atoms with Crippen molar-refractivity contribution in [2.45, 2.75) is 69.5 Å². The SMILES string of the molecule is CC(C)(O)c1cc(S(=O)(=O)CC(=O)Cc2c3c(cc4c2CCC4)CCC3)oc1Cl. The molecule has 0 spiro atoms. The summed E-state index contributed by atoms with van der Waals surface area (Å²) in [5, 5.41) is 9.54. The van der Waals surface area contributed by atoms with Crippen LogP contribution in [0.1, 0.15) is 60.1 Å². The molecule has 5 nitrogen and oxygen atoms in total. The van der Waals surface area contributed by atoms with Crippen LogP contribution in [-0.4, -0.2) is 25.1 Å². The topological polar surface area (TPSA) is 84.6 Å². The minimum absolute atomic E-state index is 0.136. The predicted molar refractivity (Wildman–Crippen MR) is 110 cm³/mol. The van der Waals surface area contributed by atoms with Gasteiger partial charge >= 0.3 is 0 Å². The van der Waals surface area contributed by atoms with Crippen molar-refractivity contribution in [1.29, 1.82) is 0 Å². The third kappa shape index (κ3) is 3.90. The average molecular weight is 437 g/mol. The van der Waals surface area contributed by atoms with Crippen LogP contribution in [0.2, 0.25) is 5.22 Å². The summed E-state index contributed by atoms with van der Waals surface area (Å²) in [7, 11) is -3.98. The number of furan rings is 1. The van der Waals surface area contributed by atoms with Crippen LogP contribution in [0.5, 0.6) is 0 Å². The number of ketones is 1. The lowest BCUT2D eigenvalue weighted by Crippen LogP contribution is -2.19. The van der Waals surface area contributed by atoms with Crippen LogP contribution in [0, 0.1) is 0 Å². The van der Waals surface area contributed by atoms with E-state index >= 15 is 0 Å². The van der Waals surface area contributed by atoms with Crippen molar-refractivity contribution in [3.63, 3.8) is 0 Å². The zero-order valence-electron chi connectivity index (χ0n) is 16.7. The van der Waals surface area contributed by atoms with Gasteiger partial charge in [0.15, 0.2) is 5.78 Å². The Labute approximate surface area is 176 Å². The van der Waals surface area contributed by atoms with Crippen LogP contribution in [0.4, 0.5) is 0 Å². The molecule has 4 rings (SSSR count). The molecule has 29 heavy (non-hydrogen) atoms. The van der Waals surface area contributed by atoms with Gasteiger partial charge in [0.05, 0.1) is 5.60 Å². The summed E-state index contributed by atoms with van der Waals surface area (Å²) in [5.41, 5.74) is 5.05. The molecule has 1 aromatic heterocycles.